The van der Waals surface area contributed by atoms with Crippen molar-refractivity contribution < 1.29 is 45.5 Å². The Morgan fingerprint density at radius 2 is 1.08 bits per heavy atom. The Labute approximate surface area is 109 Å². The molecule has 12 heavy (non-hydrogen) atoms. The zero-order valence-electron chi connectivity index (χ0n) is 8.63. The molecule has 2 nitrogen and oxygen atoms in total. The Bertz CT molecular complexity index is 38.0. The maximum absolute atomic E-state index is 3.85. The number of nitrogens with zero attached hydrogens (tertiary/aromatic N) is 2. The Morgan fingerprint density at radius 1 is 0.833 bits per heavy atom. The van der Waals surface area contributed by atoms with Crippen LogP contribution in [0.25, 0.3) is 10.6 Å². The molecule has 0 N–H and O–H groups in total. The summed E-state index contributed by atoms with van der Waals surface area (Å²) in [7, 11) is 3.67. The first-order valence-corrected chi connectivity index (χ1v) is 3.94. The van der Waals surface area contributed by atoms with Gasteiger partial charge in [0.2, 0.25) is 0 Å². The molecule has 0 amide bonds. The van der Waals surface area contributed by atoms with Gasteiger partial charge in [0.15, 0.2) is 0 Å². The Balaban J connectivity index is -0.0000000457. The Morgan fingerprint density at radius 3 is 1.08 bits per heavy atom. The van der Waals surface area contributed by atoms with Gasteiger partial charge >= 0.3 is 0 Å². The van der Waals surface area contributed by atoms with Crippen LogP contribution in [0, 0.1) is 40.8 Å². The van der Waals surface area contributed by atoms with Gasteiger partial charge in [-0.25, -0.2) is 0 Å². The summed E-state index contributed by atoms with van der Waals surface area (Å²) < 4.78 is 0. The van der Waals surface area contributed by atoms with Crippen LogP contribution in [-0.2, 0) is 0 Å². The molecule has 0 saturated carbocycles. The SMILES string of the molecule is CCC[N-]C.CCC[N-]C.F.[Nd]. The minimum atomic E-state index is 0. The normalized spacial score (nSPS) is 7.00. The fraction of sp³-hybridized carbons (Fsp3) is 1.00. The van der Waals surface area contributed by atoms with Gasteiger partial charge in [-0.2, -0.15) is 14.1 Å². The largest absolute Gasteiger partial charge is 0.665 e. The third kappa shape index (κ3) is 43.1. The minimum absolute atomic E-state index is 0. The second-order valence-corrected chi connectivity index (χ2v) is 2.08. The summed E-state index contributed by atoms with van der Waals surface area (Å²) in [6.07, 6.45) is 2.35. The first-order valence-electron chi connectivity index (χ1n) is 3.94. The summed E-state index contributed by atoms with van der Waals surface area (Å²) in [5.74, 6) is 0. The number of halogens is 1. The number of hydrogen-bond acceptors (Lipinski definition) is 0. The molecule has 0 saturated heterocycles. The van der Waals surface area contributed by atoms with Gasteiger partial charge in [0, 0.05) is 40.8 Å². The van der Waals surface area contributed by atoms with Crippen molar-refractivity contribution in [3.63, 3.8) is 0 Å². The molecule has 0 unspecified atom stereocenters. The van der Waals surface area contributed by atoms with Crippen molar-refractivity contribution >= 4 is 0 Å². The predicted octanol–water partition coefficient (Wildman–Crippen LogP) is 2.95. The van der Waals surface area contributed by atoms with Crippen LogP contribution in [0.15, 0.2) is 0 Å². The molecular weight excluding hydrogens is 287 g/mol. The third-order valence-electron chi connectivity index (χ3n) is 0.894. The number of rotatable bonds is 4. The van der Waals surface area contributed by atoms with Gasteiger partial charge in [-0.15, -0.1) is 13.1 Å². The summed E-state index contributed by atoms with van der Waals surface area (Å²) in [6.45, 7) is 6.26. The molecule has 76 valence electrons. The molecule has 0 aromatic heterocycles. The molecule has 0 radical (unpaired) electrons. The van der Waals surface area contributed by atoms with Crippen LogP contribution in [0.1, 0.15) is 26.7 Å². The Hall–Kier alpha value is 1.20. The van der Waals surface area contributed by atoms with Gasteiger partial charge < -0.3 is 10.6 Å². The van der Waals surface area contributed by atoms with Crippen molar-refractivity contribution in [3.8, 4) is 0 Å². The predicted molar refractivity (Wildman–Crippen MR) is 51.4 cm³/mol. The van der Waals surface area contributed by atoms with E-state index in [1.165, 1.54) is 12.8 Å². The number of hydrogen-bond donors (Lipinski definition) is 0. The van der Waals surface area contributed by atoms with E-state index < -0.39 is 0 Å². The van der Waals surface area contributed by atoms with Gasteiger partial charge in [0.1, 0.15) is 0 Å². The van der Waals surface area contributed by atoms with E-state index in [0.717, 1.165) is 13.1 Å². The van der Waals surface area contributed by atoms with Crippen LogP contribution in [0.3, 0.4) is 0 Å². The molecule has 0 rings (SSSR count). The minimum Gasteiger partial charge on any atom is -0.665 e. The van der Waals surface area contributed by atoms with E-state index in [-0.39, 0.29) is 45.5 Å². The van der Waals surface area contributed by atoms with Gasteiger partial charge in [-0.05, 0) is 0 Å². The molecule has 0 aliphatic carbocycles. The van der Waals surface area contributed by atoms with Gasteiger partial charge in [-0.3, -0.25) is 4.70 Å². The van der Waals surface area contributed by atoms with Crippen molar-refractivity contribution in [2.75, 3.05) is 27.2 Å². The fourth-order valence-electron chi connectivity index (χ4n) is 0.447. The third-order valence-corrected chi connectivity index (χ3v) is 0.894. The average molecular weight is 309 g/mol. The van der Waals surface area contributed by atoms with Gasteiger partial charge in [0.05, 0.1) is 0 Å². The average Bonchev–Trinajstić information content (AvgIpc) is 1.93. The van der Waals surface area contributed by atoms with Crippen molar-refractivity contribution in [2.45, 2.75) is 26.7 Å². The maximum Gasteiger partial charge on any atom is 0 e. The monoisotopic (exact) mass is 306 g/mol. The molecule has 0 spiro atoms. The molecule has 0 fully saturated rings. The molecule has 0 aromatic rings. The van der Waals surface area contributed by atoms with Crippen LogP contribution in [-0.4, -0.2) is 27.2 Å². The molecule has 0 heterocycles. The maximum atomic E-state index is 3.85. The molecular formula is C8H21FN2Nd-2. The first kappa shape index (κ1) is 23.2. The summed E-state index contributed by atoms with van der Waals surface area (Å²) in [5, 5.41) is 7.71. The second-order valence-electron chi connectivity index (χ2n) is 2.08. The molecule has 0 aliphatic heterocycles. The standard InChI is InChI=1S/2C4H10N.FH.Nd/c2*1-3-4-5-2;;/h2*3-4H2,1-2H3;1H;/q2*-1;;. The molecule has 0 atom stereocenters. The van der Waals surface area contributed by atoms with Crippen molar-refractivity contribution in [2.24, 2.45) is 0 Å². The van der Waals surface area contributed by atoms with Gasteiger partial charge in [-0.1, -0.05) is 26.7 Å². The molecule has 0 aliphatic rings. The molecule has 0 aromatic carbocycles. The second kappa shape index (κ2) is 29.5. The van der Waals surface area contributed by atoms with Crippen LogP contribution in [0.4, 0.5) is 4.70 Å². The van der Waals surface area contributed by atoms with Crippen LogP contribution >= 0.6 is 0 Å². The quantitative estimate of drug-likeness (QED) is 0.764. The van der Waals surface area contributed by atoms with Gasteiger partial charge in [0.25, 0.3) is 0 Å². The van der Waals surface area contributed by atoms with E-state index in [1.54, 1.807) is 0 Å². The topological polar surface area (TPSA) is 28.2 Å². The fourth-order valence-corrected chi connectivity index (χ4v) is 0.447. The zero-order valence-corrected chi connectivity index (χ0v) is 11.8. The van der Waals surface area contributed by atoms with Crippen molar-refractivity contribution in [1.82, 2.24) is 0 Å². The van der Waals surface area contributed by atoms with E-state index in [4.69, 9.17) is 0 Å². The van der Waals surface area contributed by atoms with Crippen LogP contribution in [0.2, 0.25) is 0 Å². The van der Waals surface area contributed by atoms with E-state index >= 15 is 0 Å². The summed E-state index contributed by atoms with van der Waals surface area (Å²) in [5.41, 5.74) is 0. The van der Waals surface area contributed by atoms with Crippen molar-refractivity contribution in [1.29, 1.82) is 0 Å². The van der Waals surface area contributed by atoms with Crippen LogP contribution in [0.5, 0.6) is 0 Å². The smallest absolute Gasteiger partial charge is 0 e. The van der Waals surface area contributed by atoms with E-state index in [2.05, 4.69) is 24.5 Å². The first-order chi connectivity index (χ1) is 4.83. The summed E-state index contributed by atoms with van der Waals surface area (Å²) >= 11 is 0. The zero-order chi connectivity index (χ0) is 8.24. The molecule has 0 bridgehead atoms. The summed E-state index contributed by atoms with van der Waals surface area (Å²) in [6, 6.07) is 0. The van der Waals surface area contributed by atoms with E-state index in [1.807, 2.05) is 14.1 Å². The van der Waals surface area contributed by atoms with Crippen molar-refractivity contribution in [3.05, 3.63) is 10.6 Å². The van der Waals surface area contributed by atoms with E-state index in [0.29, 0.717) is 0 Å². The molecule has 4 heteroatoms. The van der Waals surface area contributed by atoms with E-state index in [9.17, 15) is 0 Å². The Kier molecular flexibility index (Phi) is 57.1. The summed E-state index contributed by atoms with van der Waals surface area (Å²) in [4.78, 5) is 0. The van der Waals surface area contributed by atoms with Crippen LogP contribution < -0.4 is 0 Å².